The zero-order chi connectivity index (χ0) is 20.5. The normalized spacial score (nSPS) is 18.7. The third-order valence-corrected chi connectivity index (χ3v) is 5.28. The van der Waals surface area contributed by atoms with Crippen molar-refractivity contribution in [2.45, 2.75) is 31.3 Å². The highest BCUT2D eigenvalue weighted by molar-refractivity contribution is 6.23. The van der Waals surface area contributed by atoms with Gasteiger partial charge in [0.2, 0.25) is 5.91 Å². The first-order valence-corrected chi connectivity index (χ1v) is 9.51. The Labute approximate surface area is 168 Å². The molecule has 4 rings (SSSR count). The lowest BCUT2D eigenvalue weighted by molar-refractivity contribution is -0.122. The van der Waals surface area contributed by atoms with Gasteiger partial charge in [-0.2, -0.15) is 0 Å². The smallest absolute Gasteiger partial charge is 0.257 e. The molecule has 1 aliphatic heterocycles. The number of para-hydroxylation sites is 1. The predicted molar refractivity (Wildman–Crippen MR) is 106 cm³/mol. The molecule has 0 radical (unpaired) electrons. The largest absolute Gasteiger partial charge is 0.493 e. The Bertz CT molecular complexity index is 955. The number of benzene rings is 2. The van der Waals surface area contributed by atoms with Crippen LogP contribution in [-0.2, 0) is 9.59 Å². The number of imide groups is 1. The number of ether oxygens (including phenoxy) is 2. The summed E-state index contributed by atoms with van der Waals surface area (Å²) in [7, 11) is 3.03. The Hall–Kier alpha value is -3.35. The minimum absolute atomic E-state index is 0.0107. The summed E-state index contributed by atoms with van der Waals surface area (Å²) in [6, 6.07) is 12.9. The van der Waals surface area contributed by atoms with E-state index in [0.717, 1.165) is 12.8 Å². The van der Waals surface area contributed by atoms with Crippen LogP contribution >= 0.6 is 0 Å². The molecule has 1 atom stereocenters. The van der Waals surface area contributed by atoms with E-state index < -0.39 is 6.04 Å². The van der Waals surface area contributed by atoms with Gasteiger partial charge in [-0.15, -0.1) is 0 Å². The molecule has 0 bridgehead atoms. The highest BCUT2D eigenvalue weighted by Gasteiger charge is 2.48. The maximum atomic E-state index is 13.3. The van der Waals surface area contributed by atoms with Crippen molar-refractivity contribution >= 4 is 23.4 Å². The Morgan fingerprint density at radius 2 is 1.69 bits per heavy atom. The second kappa shape index (κ2) is 7.58. The maximum absolute atomic E-state index is 13.3. The van der Waals surface area contributed by atoms with Crippen molar-refractivity contribution in [3.05, 3.63) is 54.1 Å². The van der Waals surface area contributed by atoms with Gasteiger partial charge in [0.25, 0.3) is 11.8 Å². The van der Waals surface area contributed by atoms with Crippen LogP contribution in [0.2, 0.25) is 0 Å². The summed E-state index contributed by atoms with van der Waals surface area (Å²) >= 11 is 0. The van der Waals surface area contributed by atoms with Crippen LogP contribution in [-0.4, -0.2) is 48.9 Å². The van der Waals surface area contributed by atoms with Gasteiger partial charge in [0.05, 0.1) is 26.3 Å². The molecule has 2 aliphatic rings. The molecular formula is C22H22N2O5. The van der Waals surface area contributed by atoms with Crippen LogP contribution in [0.3, 0.4) is 0 Å². The number of hydrogen-bond acceptors (Lipinski definition) is 5. The minimum Gasteiger partial charge on any atom is -0.493 e. The number of carbonyl (C=O) groups is 3. The topological polar surface area (TPSA) is 76.2 Å². The highest BCUT2D eigenvalue weighted by Crippen LogP contribution is 2.36. The highest BCUT2D eigenvalue weighted by atomic mass is 16.5. The van der Waals surface area contributed by atoms with E-state index in [1.807, 2.05) is 6.07 Å². The molecule has 1 unspecified atom stereocenters. The van der Waals surface area contributed by atoms with Crippen LogP contribution in [0.4, 0.5) is 5.69 Å². The molecule has 1 heterocycles. The van der Waals surface area contributed by atoms with E-state index in [2.05, 4.69) is 0 Å². The Morgan fingerprint density at radius 3 is 2.31 bits per heavy atom. The fourth-order valence-corrected chi connectivity index (χ4v) is 3.71. The number of nitrogens with zero attached hydrogens (tertiary/aromatic N) is 2. The van der Waals surface area contributed by atoms with Crippen LogP contribution in [0.25, 0.3) is 0 Å². The van der Waals surface area contributed by atoms with Gasteiger partial charge in [-0.25, -0.2) is 4.90 Å². The van der Waals surface area contributed by atoms with Crippen molar-refractivity contribution in [3.8, 4) is 11.5 Å². The van der Waals surface area contributed by atoms with Crippen LogP contribution < -0.4 is 14.4 Å². The summed E-state index contributed by atoms with van der Waals surface area (Å²) in [5.41, 5.74) is 0.923. The van der Waals surface area contributed by atoms with Crippen LogP contribution in [0, 0.1) is 0 Å². The first-order chi connectivity index (χ1) is 14.0. The molecule has 7 heteroatoms. The molecule has 0 N–H and O–H groups in total. The zero-order valence-electron chi connectivity index (χ0n) is 16.3. The molecular weight excluding hydrogens is 372 g/mol. The van der Waals surface area contributed by atoms with Crippen molar-refractivity contribution in [1.82, 2.24) is 4.90 Å². The molecule has 0 aromatic heterocycles. The molecule has 2 aromatic carbocycles. The van der Waals surface area contributed by atoms with E-state index in [1.54, 1.807) is 47.4 Å². The minimum atomic E-state index is -0.796. The van der Waals surface area contributed by atoms with Gasteiger partial charge in [0, 0.05) is 11.6 Å². The number of carbonyl (C=O) groups excluding carboxylic acids is 3. The van der Waals surface area contributed by atoms with Crippen LogP contribution in [0.5, 0.6) is 11.5 Å². The second-order valence-electron chi connectivity index (χ2n) is 7.14. The SMILES string of the molecule is COc1ccc(C(=O)N(C2CC2)C2CC(=O)N(c3ccccc3)C2=O)cc1OC. The van der Waals surface area contributed by atoms with E-state index in [0.29, 0.717) is 22.7 Å². The summed E-state index contributed by atoms with van der Waals surface area (Å²) in [6.45, 7) is 0. The first-order valence-electron chi connectivity index (χ1n) is 9.51. The van der Waals surface area contributed by atoms with E-state index in [9.17, 15) is 14.4 Å². The van der Waals surface area contributed by atoms with E-state index in [1.165, 1.54) is 19.1 Å². The molecule has 1 saturated carbocycles. The average Bonchev–Trinajstić information content (AvgIpc) is 3.53. The van der Waals surface area contributed by atoms with Gasteiger partial charge in [-0.05, 0) is 43.2 Å². The first kappa shape index (κ1) is 19.0. The standard InChI is InChI=1S/C22H22N2O5/c1-28-18-11-8-14(12-19(18)29-2)21(26)23(16-9-10-16)17-13-20(25)24(22(17)27)15-6-4-3-5-7-15/h3-8,11-12,16-17H,9-10,13H2,1-2H3. The summed E-state index contributed by atoms with van der Waals surface area (Å²) in [5, 5.41) is 0. The molecule has 1 saturated heterocycles. The van der Waals surface area contributed by atoms with Gasteiger partial charge in [-0.1, -0.05) is 18.2 Å². The van der Waals surface area contributed by atoms with E-state index in [4.69, 9.17) is 9.47 Å². The lowest BCUT2D eigenvalue weighted by atomic mass is 10.1. The van der Waals surface area contributed by atoms with Gasteiger partial charge < -0.3 is 14.4 Å². The molecule has 1 aliphatic carbocycles. The zero-order valence-corrected chi connectivity index (χ0v) is 16.3. The molecule has 2 fully saturated rings. The van der Waals surface area contributed by atoms with Crippen molar-refractivity contribution in [1.29, 1.82) is 0 Å². The third-order valence-electron chi connectivity index (χ3n) is 5.28. The van der Waals surface area contributed by atoms with Crippen molar-refractivity contribution in [2.24, 2.45) is 0 Å². The van der Waals surface area contributed by atoms with Gasteiger partial charge in [0.15, 0.2) is 11.5 Å². The second-order valence-corrected chi connectivity index (χ2v) is 7.14. The monoisotopic (exact) mass is 394 g/mol. The summed E-state index contributed by atoms with van der Waals surface area (Å²) in [4.78, 5) is 41.8. The number of methoxy groups -OCH3 is 2. The molecule has 0 spiro atoms. The number of rotatable bonds is 6. The lowest BCUT2D eigenvalue weighted by Gasteiger charge is -2.28. The molecule has 7 nitrogen and oxygen atoms in total. The summed E-state index contributed by atoms with van der Waals surface area (Å²) in [5.74, 6) is 0.0200. The van der Waals surface area contributed by atoms with Gasteiger partial charge in [-0.3, -0.25) is 14.4 Å². The summed E-state index contributed by atoms with van der Waals surface area (Å²) in [6.07, 6.45) is 1.63. The maximum Gasteiger partial charge on any atom is 0.257 e. The number of amides is 3. The average molecular weight is 394 g/mol. The Kier molecular flexibility index (Phi) is 4.96. The third kappa shape index (κ3) is 3.44. The van der Waals surface area contributed by atoms with Crippen molar-refractivity contribution in [3.63, 3.8) is 0 Å². The van der Waals surface area contributed by atoms with Gasteiger partial charge in [0.1, 0.15) is 6.04 Å². The van der Waals surface area contributed by atoms with E-state index >= 15 is 0 Å². The fraction of sp³-hybridized carbons (Fsp3) is 0.318. The predicted octanol–water partition coefficient (Wildman–Crippen LogP) is 2.64. The Morgan fingerprint density at radius 1 is 1.00 bits per heavy atom. The fourth-order valence-electron chi connectivity index (χ4n) is 3.71. The molecule has 2 aromatic rings. The van der Waals surface area contributed by atoms with Crippen molar-refractivity contribution < 1.29 is 23.9 Å². The van der Waals surface area contributed by atoms with Crippen molar-refractivity contribution in [2.75, 3.05) is 19.1 Å². The van der Waals surface area contributed by atoms with Crippen LogP contribution in [0.15, 0.2) is 48.5 Å². The molecule has 3 amide bonds. The van der Waals surface area contributed by atoms with E-state index in [-0.39, 0.29) is 30.2 Å². The Balaban J connectivity index is 1.64. The molecule has 29 heavy (non-hydrogen) atoms. The molecule has 150 valence electrons. The summed E-state index contributed by atoms with van der Waals surface area (Å²) < 4.78 is 10.5. The lowest BCUT2D eigenvalue weighted by Crippen LogP contribution is -2.46. The van der Waals surface area contributed by atoms with Gasteiger partial charge >= 0.3 is 0 Å². The van der Waals surface area contributed by atoms with Crippen LogP contribution in [0.1, 0.15) is 29.6 Å². The number of anilines is 1. The number of hydrogen-bond donors (Lipinski definition) is 0. The quantitative estimate of drug-likeness (QED) is 0.704.